The van der Waals surface area contributed by atoms with E-state index < -0.39 is 0 Å². The molecule has 0 fully saturated rings. The summed E-state index contributed by atoms with van der Waals surface area (Å²) in [6, 6.07) is 18.2. The summed E-state index contributed by atoms with van der Waals surface area (Å²) < 4.78 is 6.72. The van der Waals surface area contributed by atoms with Crippen molar-refractivity contribution in [3.8, 4) is 11.8 Å². The summed E-state index contributed by atoms with van der Waals surface area (Å²) in [4.78, 5) is 2.43. The molecule has 0 atom stereocenters. The molecule has 0 bridgehead atoms. The number of ether oxygens (including phenoxy) is 1. The van der Waals surface area contributed by atoms with Crippen LogP contribution in [0.1, 0.15) is 17.5 Å². The highest BCUT2D eigenvalue weighted by atomic mass is 79.9. The molecular weight excluding hydrogens is 364 g/mol. The zero-order valence-corrected chi connectivity index (χ0v) is 15.0. The lowest BCUT2D eigenvalue weighted by Gasteiger charge is -2.26. The van der Waals surface area contributed by atoms with Crippen molar-refractivity contribution in [3.05, 3.63) is 75.8 Å². The first-order chi connectivity index (χ1) is 11.8. The van der Waals surface area contributed by atoms with Gasteiger partial charge in [-0.15, -0.1) is 0 Å². The normalized spacial score (nSPS) is 14.8. The van der Waals surface area contributed by atoms with Crippen molar-refractivity contribution in [2.45, 2.75) is 13.0 Å². The van der Waals surface area contributed by atoms with Gasteiger partial charge in [0.05, 0.1) is 10.0 Å². The number of nitriles is 1. The third-order valence-electron chi connectivity index (χ3n) is 4.13. The van der Waals surface area contributed by atoms with E-state index >= 15 is 0 Å². The average Bonchev–Trinajstić information content (AvgIpc) is 2.62. The Balaban J connectivity index is 1.56. The Kier molecular flexibility index (Phi) is 5.68. The summed E-state index contributed by atoms with van der Waals surface area (Å²) in [5, 5.41) is 9.18. The lowest BCUT2D eigenvalue weighted by atomic mass is 10.1. The Morgan fingerprint density at radius 3 is 2.67 bits per heavy atom. The molecule has 2 aromatic rings. The van der Waals surface area contributed by atoms with E-state index in [0.29, 0.717) is 17.9 Å². The van der Waals surface area contributed by atoms with Gasteiger partial charge in [-0.1, -0.05) is 42.5 Å². The van der Waals surface area contributed by atoms with Crippen LogP contribution in [0, 0.1) is 11.3 Å². The molecule has 0 saturated heterocycles. The highest BCUT2D eigenvalue weighted by molar-refractivity contribution is 9.10. The lowest BCUT2D eigenvalue weighted by molar-refractivity contribution is 0.270. The van der Waals surface area contributed by atoms with E-state index in [1.165, 1.54) is 11.1 Å². The Hall–Kier alpha value is -2.09. The summed E-state index contributed by atoms with van der Waals surface area (Å²) >= 11 is 3.46. The van der Waals surface area contributed by atoms with Crippen LogP contribution in [0.25, 0.3) is 0 Å². The molecule has 0 N–H and O–H groups in total. The Bertz CT molecular complexity index is 765. The van der Waals surface area contributed by atoms with Crippen LogP contribution in [0.2, 0.25) is 0 Å². The maximum absolute atomic E-state index is 9.18. The fourth-order valence-corrected chi connectivity index (χ4v) is 3.26. The van der Waals surface area contributed by atoms with Gasteiger partial charge >= 0.3 is 0 Å². The van der Waals surface area contributed by atoms with Crippen LogP contribution in [-0.2, 0) is 6.54 Å². The van der Waals surface area contributed by atoms with Gasteiger partial charge in [0.25, 0.3) is 0 Å². The zero-order chi connectivity index (χ0) is 16.8. The molecule has 24 heavy (non-hydrogen) atoms. The predicted octanol–water partition coefficient (Wildman–Crippen LogP) is 4.53. The minimum absolute atomic E-state index is 0.538. The topological polar surface area (TPSA) is 36.3 Å². The molecule has 0 aromatic heterocycles. The number of halogens is 1. The monoisotopic (exact) mass is 382 g/mol. The van der Waals surface area contributed by atoms with Crippen molar-refractivity contribution >= 4 is 15.9 Å². The Morgan fingerprint density at radius 1 is 1.12 bits per heavy atom. The van der Waals surface area contributed by atoms with Crippen molar-refractivity contribution in [1.29, 1.82) is 5.26 Å². The molecule has 0 unspecified atom stereocenters. The second kappa shape index (κ2) is 8.14. The molecule has 1 aliphatic heterocycles. The van der Waals surface area contributed by atoms with Crippen molar-refractivity contribution in [2.75, 3.05) is 19.7 Å². The molecule has 2 aromatic carbocycles. The van der Waals surface area contributed by atoms with E-state index in [1.807, 2.05) is 18.2 Å². The molecule has 1 aliphatic rings. The maximum Gasteiger partial charge on any atom is 0.151 e. The van der Waals surface area contributed by atoms with E-state index in [2.05, 4.69) is 57.2 Å². The summed E-state index contributed by atoms with van der Waals surface area (Å²) in [7, 11) is 0. The zero-order valence-electron chi connectivity index (χ0n) is 13.4. The second-order valence-corrected chi connectivity index (χ2v) is 6.70. The Labute approximate surface area is 151 Å². The highest BCUT2D eigenvalue weighted by Crippen LogP contribution is 2.29. The van der Waals surface area contributed by atoms with Crippen molar-refractivity contribution in [1.82, 2.24) is 4.90 Å². The first kappa shape index (κ1) is 16.8. The van der Waals surface area contributed by atoms with Crippen LogP contribution in [0.15, 0.2) is 64.7 Å². The van der Waals surface area contributed by atoms with Crippen LogP contribution in [0.3, 0.4) is 0 Å². The molecule has 3 rings (SSSR count). The third-order valence-corrected chi connectivity index (χ3v) is 4.75. The van der Waals surface area contributed by atoms with Crippen molar-refractivity contribution < 1.29 is 4.74 Å². The third kappa shape index (κ3) is 4.25. The molecule has 1 heterocycles. The van der Waals surface area contributed by atoms with Gasteiger partial charge in [-0.25, -0.2) is 0 Å². The van der Waals surface area contributed by atoms with Crippen molar-refractivity contribution in [3.63, 3.8) is 0 Å². The number of rotatable bonds is 5. The van der Waals surface area contributed by atoms with Gasteiger partial charge in [0.1, 0.15) is 12.7 Å². The molecule has 122 valence electrons. The first-order valence-electron chi connectivity index (χ1n) is 8.02. The van der Waals surface area contributed by atoms with Crippen LogP contribution < -0.4 is 4.74 Å². The molecule has 0 radical (unpaired) electrons. The quantitative estimate of drug-likeness (QED) is 0.712. The van der Waals surface area contributed by atoms with Crippen LogP contribution in [0.5, 0.6) is 5.75 Å². The van der Waals surface area contributed by atoms with Crippen molar-refractivity contribution in [2.24, 2.45) is 0 Å². The maximum atomic E-state index is 9.18. The molecular formula is C20H19BrN2O. The number of hydrogen-bond acceptors (Lipinski definition) is 3. The van der Waals surface area contributed by atoms with Gasteiger partial charge in [-0.3, -0.25) is 4.90 Å². The summed E-state index contributed by atoms with van der Waals surface area (Å²) in [5.41, 5.74) is 3.20. The van der Waals surface area contributed by atoms with Gasteiger partial charge in [0.15, 0.2) is 5.75 Å². The van der Waals surface area contributed by atoms with Crippen LogP contribution in [0.4, 0.5) is 0 Å². The van der Waals surface area contributed by atoms with E-state index in [4.69, 9.17) is 4.74 Å². The standard InChI is InChI=1S/C20H19BrN2O/c21-19-8-4-7-18(13-22)20(19)24-15-17-9-11-23(12-10-17)14-16-5-2-1-3-6-16/h1-9H,10-12,14-15H2. The number of hydrogen-bond donors (Lipinski definition) is 0. The first-order valence-corrected chi connectivity index (χ1v) is 8.81. The summed E-state index contributed by atoms with van der Waals surface area (Å²) in [5.74, 6) is 0.632. The molecule has 0 aliphatic carbocycles. The summed E-state index contributed by atoms with van der Waals surface area (Å²) in [6.45, 7) is 3.49. The summed E-state index contributed by atoms with van der Waals surface area (Å²) in [6.07, 6.45) is 3.24. The lowest BCUT2D eigenvalue weighted by Crippen LogP contribution is -2.29. The van der Waals surface area contributed by atoms with Gasteiger partial charge in [-0.05, 0) is 45.6 Å². The molecule has 0 amide bonds. The molecule has 0 saturated carbocycles. The van der Waals surface area contributed by atoms with Crippen LogP contribution in [-0.4, -0.2) is 24.6 Å². The minimum Gasteiger partial charge on any atom is -0.487 e. The van der Waals surface area contributed by atoms with Crippen LogP contribution >= 0.6 is 15.9 Å². The van der Waals surface area contributed by atoms with E-state index in [9.17, 15) is 5.26 Å². The van der Waals surface area contributed by atoms with Gasteiger partial charge in [0.2, 0.25) is 0 Å². The van der Waals surface area contributed by atoms with Gasteiger partial charge < -0.3 is 4.74 Å². The predicted molar refractivity (Wildman–Crippen MR) is 98.8 cm³/mol. The molecule has 0 spiro atoms. The number of nitrogens with zero attached hydrogens (tertiary/aromatic N) is 2. The van der Waals surface area contributed by atoms with Gasteiger partial charge in [0, 0.05) is 19.6 Å². The SMILES string of the molecule is N#Cc1cccc(Br)c1OCC1=CCN(Cc2ccccc2)CC1. The van der Waals surface area contributed by atoms with E-state index in [0.717, 1.165) is 30.5 Å². The number of para-hydroxylation sites is 1. The minimum atomic E-state index is 0.538. The number of benzene rings is 2. The molecule has 3 nitrogen and oxygen atoms in total. The fraction of sp³-hybridized carbons (Fsp3) is 0.250. The fourth-order valence-electron chi connectivity index (χ4n) is 2.78. The second-order valence-electron chi connectivity index (χ2n) is 5.85. The molecule has 4 heteroatoms. The smallest absolute Gasteiger partial charge is 0.151 e. The largest absolute Gasteiger partial charge is 0.487 e. The highest BCUT2D eigenvalue weighted by Gasteiger charge is 2.14. The average molecular weight is 383 g/mol. The van der Waals surface area contributed by atoms with E-state index in [1.54, 1.807) is 6.07 Å². The van der Waals surface area contributed by atoms with Gasteiger partial charge in [-0.2, -0.15) is 5.26 Å². The Morgan fingerprint density at radius 2 is 1.96 bits per heavy atom. The van der Waals surface area contributed by atoms with E-state index in [-0.39, 0.29) is 0 Å².